The lowest BCUT2D eigenvalue weighted by Crippen LogP contribution is -2.45. The van der Waals surface area contributed by atoms with Gasteiger partial charge >= 0.3 is 6.03 Å². The predicted octanol–water partition coefficient (Wildman–Crippen LogP) is 2.90. The van der Waals surface area contributed by atoms with Crippen LogP contribution in [0.2, 0.25) is 0 Å². The van der Waals surface area contributed by atoms with Gasteiger partial charge in [0, 0.05) is 10.9 Å². The number of rotatable bonds is 5. The van der Waals surface area contributed by atoms with Crippen LogP contribution in [0.5, 0.6) is 5.75 Å². The summed E-state index contributed by atoms with van der Waals surface area (Å²) in [5.41, 5.74) is 1.22. The van der Waals surface area contributed by atoms with Gasteiger partial charge in [0.25, 0.3) is 5.56 Å². The molecule has 0 spiro atoms. The summed E-state index contributed by atoms with van der Waals surface area (Å²) in [6.45, 7) is -0.268. The van der Waals surface area contributed by atoms with Crippen LogP contribution >= 0.6 is 11.3 Å². The number of hydrogen-bond donors (Lipinski definition) is 2. The fraction of sp³-hybridized carbons (Fsp3) is 0.333. The van der Waals surface area contributed by atoms with Crippen LogP contribution in [0.25, 0.3) is 20.7 Å². The second-order valence-corrected chi connectivity index (χ2v) is 8.29. The van der Waals surface area contributed by atoms with Crippen molar-refractivity contribution >= 4 is 33.5 Å². The molecule has 1 saturated carbocycles. The Morgan fingerprint density at radius 3 is 2.67 bits per heavy atom. The van der Waals surface area contributed by atoms with Crippen molar-refractivity contribution in [3.05, 3.63) is 47.0 Å². The van der Waals surface area contributed by atoms with E-state index in [2.05, 4.69) is 15.6 Å². The second-order valence-electron chi connectivity index (χ2n) is 7.23. The monoisotopic (exact) mass is 426 g/mol. The summed E-state index contributed by atoms with van der Waals surface area (Å²) >= 11 is 1.32. The number of urea groups is 1. The lowest BCUT2D eigenvalue weighted by Gasteiger charge is -2.12. The quantitative estimate of drug-likeness (QED) is 0.653. The van der Waals surface area contributed by atoms with E-state index in [0.29, 0.717) is 10.2 Å². The number of benzene rings is 1. The molecular formula is C21H22N4O4S. The molecule has 1 fully saturated rings. The molecular weight excluding hydrogens is 404 g/mol. The first kappa shape index (κ1) is 20.1. The number of fused-ring (bicyclic) bond motifs is 1. The van der Waals surface area contributed by atoms with Gasteiger partial charge in [0.2, 0.25) is 5.91 Å². The van der Waals surface area contributed by atoms with E-state index in [-0.39, 0.29) is 18.1 Å². The van der Waals surface area contributed by atoms with E-state index in [4.69, 9.17) is 4.74 Å². The van der Waals surface area contributed by atoms with E-state index >= 15 is 0 Å². The Hall–Kier alpha value is -3.20. The number of carbonyl (C=O) groups excluding carboxylic acids is 2. The zero-order valence-corrected chi connectivity index (χ0v) is 17.3. The number of methoxy groups -OCH3 is 1. The summed E-state index contributed by atoms with van der Waals surface area (Å²) in [6.07, 6.45) is 5.36. The number of thiophene rings is 1. The molecule has 30 heavy (non-hydrogen) atoms. The lowest BCUT2D eigenvalue weighted by molar-refractivity contribution is -0.120. The van der Waals surface area contributed by atoms with E-state index in [1.54, 1.807) is 7.11 Å². The van der Waals surface area contributed by atoms with Gasteiger partial charge in [-0.3, -0.25) is 19.5 Å². The van der Waals surface area contributed by atoms with Gasteiger partial charge < -0.3 is 10.1 Å². The standard InChI is InChI=1S/C21H22N4O4S/c1-29-15-8-6-13(7-9-15)17-10-16-19(30-17)20(27)25(12-22-16)11-18(26)24-21(28)23-14-4-2-3-5-14/h6-10,12,14H,2-5,11H2,1H3,(H2,23,24,26,28). The maximum absolute atomic E-state index is 12.8. The van der Waals surface area contributed by atoms with Crippen molar-refractivity contribution < 1.29 is 14.3 Å². The van der Waals surface area contributed by atoms with Crippen LogP contribution in [0.15, 0.2) is 41.5 Å². The molecule has 1 aromatic carbocycles. The van der Waals surface area contributed by atoms with E-state index < -0.39 is 11.9 Å². The van der Waals surface area contributed by atoms with Crippen molar-refractivity contribution in [2.75, 3.05) is 7.11 Å². The van der Waals surface area contributed by atoms with E-state index in [1.807, 2.05) is 30.3 Å². The third kappa shape index (κ3) is 4.35. The molecule has 0 bridgehead atoms. The van der Waals surface area contributed by atoms with Crippen LogP contribution in [0.1, 0.15) is 25.7 Å². The highest BCUT2D eigenvalue weighted by molar-refractivity contribution is 7.22. The Morgan fingerprint density at radius 2 is 1.97 bits per heavy atom. The molecule has 9 heteroatoms. The van der Waals surface area contributed by atoms with Gasteiger partial charge in [0.1, 0.15) is 17.0 Å². The van der Waals surface area contributed by atoms with Gasteiger partial charge in [-0.2, -0.15) is 0 Å². The molecule has 4 rings (SSSR count). The highest BCUT2D eigenvalue weighted by Gasteiger charge is 2.19. The third-order valence-corrected chi connectivity index (χ3v) is 6.30. The number of ether oxygens (including phenoxy) is 1. The molecule has 0 aliphatic heterocycles. The molecule has 0 radical (unpaired) electrons. The van der Waals surface area contributed by atoms with Crippen LogP contribution in [0.4, 0.5) is 4.79 Å². The first-order valence-corrected chi connectivity index (χ1v) is 10.6. The summed E-state index contributed by atoms with van der Waals surface area (Å²) in [6, 6.07) is 8.98. The van der Waals surface area contributed by atoms with Gasteiger partial charge in [-0.05, 0) is 48.7 Å². The fourth-order valence-electron chi connectivity index (χ4n) is 3.57. The fourth-order valence-corrected chi connectivity index (χ4v) is 4.63. The smallest absolute Gasteiger partial charge is 0.321 e. The average Bonchev–Trinajstić information content (AvgIpc) is 3.40. The molecule has 0 unspecified atom stereocenters. The number of nitrogens with one attached hydrogen (secondary N) is 2. The Kier molecular flexibility index (Phi) is 5.80. The van der Waals surface area contributed by atoms with Crippen LogP contribution < -0.4 is 20.9 Å². The molecule has 2 aromatic heterocycles. The van der Waals surface area contributed by atoms with E-state index in [0.717, 1.165) is 41.9 Å². The molecule has 3 amide bonds. The summed E-state index contributed by atoms with van der Waals surface area (Å²) in [7, 11) is 1.61. The zero-order valence-electron chi connectivity index (χ0n) is 16.5. The largest absolute Gasteiger partial charge is 0.497 e. The molecule has 3 aromatic rings. The van der Waals surface area contributed by atoms with Gasteiger partial charge in [-0.25, -0.2) is 9.78 Å². The predicted molar refractivity (Wildman–Crippen MR) is 115 cm³/mol. The Labute approximate surface area is 176 Å². The van der Waals surface area contributed by atoms with E-state index in [1.165, 1.54) is 22.2 Å². The van der Waals surface area contributed by atoms with Crippen LogP contribution in [-0.4, -0.2) is 34.6 Å². The molecule has 0 saturated heterocycles. The topological polar surface area (TPSA) is 102 Å². The van der Waals surface area contributed by atoms with Crippen molar-refractivity contribution in [1.29, 1.82) is 0 Å². The van der Waals surface area contributed by atoms with Crippen molar-refractivity contribution in [2.24, 2.45) is 0 Å². The van der Waals surface area contributed by atoms with Gasteiger partial charge in [-0.15, -0.1) is 11.3 Å². The SMILES string of the molecule is COc1ccc(-c2cc3ncn(CC(=O)NC(=O)NC4CCCC4)c(=O)c3s2)cc1. The molecule has 1 aliphatic carbocycles. The van der Waals surface area contributed by atoms with Gasteiger partial charge in [0.05, 0.1) is 19.0 Å². The number of hydrogen-bond acceptors (Lipinski definition) is 6. The number of amides is 3. The number of carbonyl (C=O) groups is 2. The summed E-state index contributed by atoms with van der Waals surface area (Å²) < 4.78 is 6.85. The summed E-state index contributed by atoms with van der Waals surface area (Å²) in [5.74, 6) is 0.198. The summed E-state index contributed by atoms with van der Waals surface area (Å²) in [4.78, 5) is 42.2. The normalized spacial score (nSPS) is 14.0. The van der Waals surface area contributed by atoms with Crippen molar-refractivity contribution in [3.63, 3.8) is 0 Å². The lowest BCUT2D eigenvalue weighted by atomic mass is 10.2. The Morgan fingerprint density at radius 1 is 1.23 bits per heavy atom. The van der Waals surface area contributed by atoms with Crippen molar-refractivity contribution in [3.8, 4) is 16.2 Å². The molecule has 156 valence electrons. The maximum atomic E-state index is 12.8. The Balaban J connectivity index is 1.48. The minimum Gasteiger partial charge on any atom is -0.497 e. The van der Waals surface area contributed by atoms with Crippen molar-refractivity contribution in [1.82, 2.24) is 20.2 Å². The molecule has 8 nitrogen and oxygen atoms in total. The Bertz CT molecular complexity index is 1130. The highest BCUT2D eigenvalue weighted by atomic mass is 32.1. The first-order valence-electron chi connectivity index (χ1n) is 9.77. The number of imide groups is 1. The van der Waals surface area contributed by atoms with Crippen LogP contribution in [0.3, 0.4) is 0 Å². The summed E-state index contributed by atoms with van der Waals surface area (Å²) in [5, 5.41) is 5.08. The minimum absolute atomic E-state index is 0.112. The van der Waals surface area contributed by atoms with E-state index in [9.17, 15) is 14.4 Å². The number of aromatic nitrogens is 2. The molecule has 1 aliphatic rings. The highest BCUT2D eigenvalue weighted by Crippen LogP contribution is 2.31. The van der Waals surface area contributed by atoms with Gasteiger partial charge in [-0.1, -0.05) is 12.8 Å². The maximum Gasteiger partial charge on any atom is 0.321 e. The van der Waals surface area contributed by atoms with Crippen LogP contribution in [-0.2, 0) is 11.3 Å². The average molecular weight is 426 g/mol. The van der Waals surface area contributed by atoms with Gasteiger partial charge in [0.15, 0.2) is 0 Å². The minimum atomic E-state index is -0.555. The first-order chi connectivity index (χ1) is 14.5. The third-order valence-electron chi connectivity index (χ3n) is 5.14. The molecule has 2 heterocycles. The van der Waals surface area contributed by atoms with Crippen LogP contribution in [0, 0.1) is 0 Å². The second kappa shape index (κ2) is 8.66. The number of nitrogens with zero attached hydrogens (tertiary/aromatic N) is 2. The molecule has 0 atom stereocenters. The molecule has 2 N–H and O–H groups in total. The van der Waals surface area contributed by atoms with Crippen molar-refractivity contribution in [2.45, 2.75) is 38.3 Å². The zero-order chi connectivity index (χ0) is 21.1.